The average Bonchev–Trinajstić information content (AvgIpc) is 3.00. The van der Waals surface area contributed by atoms with Gasteiger partial charge in [0.05, 0.1) is 23.7 Å². The summed E-state index contributed by atoms with van der Waals surface area (Å²) < 4.78 is 0. The summed E-state index contributed by atoms with van der Waals surface area (Å²) in [6.45, 7) is 2.49. The molecular formula is C23H21N3O2. The number of para-hydroxylation sites is 1. The van der Waals surface area contributed by atoms with Crippen molar-refractivity contribution in [3.63, 3.8) is 0 Å². The summed E-state index contributed by atoms with van der Waals surface area (Å²) in [5.41, 5.74) is 4.20. The van der Waals surface area contributed by atoms with Crippen molar-refractivity contribution >= 4 is 17.5 Å². The first kappa shape index (κ1) is 17.9. The molecule has 1 unspecified atom stereocenters. The van der Waals surface area contributed by atoms with Gasteiger partial charge < -0.3 is 5.32 Å². The fraction of sp³-hybridized carbons (Fsp3) is 0.174. The molecule has 3 aromatic rings. The number of nitrogens with one attached hydrogen (secondary N) is 1. The Morgan fingerprint density at radius 1 is 1.04 bits per heavy atom. The van der Waals surface area contributed by atoms with Crippen LogP contribution in [0.25, 0.3) is 0 Å². The number of hydrogen-bond donors (Lipinski definition) is 1. The quantitative estimate of drug-likeness (QED) is 0.742. The molecule has 1 N–H and O–H groups in total. The van der Waals surface area contributed by atoms with Crippen LogP contribution >= 0.6 is 0 Å². The van der Waals surface area contributed by atoms with E-state index in [0.29, 0.717) is 17.8 Å². The van der Waals surface area contributed by atoms with E-state index >= 15 is 0 Å². The van der Waals surface area contributed by atoms with Gasteiger partial charge in [0.25, 0.3) is 5.91 Å². The Hall–Kier alpha value is -3.47. The number of pyridine rings is 1. The predicted octanol–water partition coefficient (Wildman–Crippen LogP) is 3.80. The van der Waals surface area contributed by atoms with Crippen LogP contribution in [0.15, 0.2) is 72.9 Å². The highest BCUT2D eigenvalue weighted by molar-refractivity contribution is 6.11. The van der Waals surface area contributed by atoms with Gasteiger partial charge in [-0.3, -0.25) is 19.5 Å². The summed E-state index contributed by atoms with van der Waals surface area (Å²) in [7, 11) is 0. The van der Waals surface area contributed by atoms with Gasteiger partial charge in [-0.25, -0.2) is 0 Å². The third-order valence-electron chi connectivity index (χ3n) is 4.94. The molecular weight excluding hydrogens is 350 g/mol. The van der Waals surface area contributed by atoms with Crippen LogP contribution in [0.2, 0.25) is 0 Å². The highest BCUT2D eigenvalue weighted by Gasteiger charge is 2.39. The first-order valence-corrected chi connectivity index (χ1v) is 9.29. The Morgan fingerprint density at radius 2 is 1.79 bits per heavy atom. The van der Waals surface area contributed by atoms with Gasteiger partial charge >= 0.3 is 0 Å². The summed E-state index contributed by atoms with van der Waals surface area (Å²) >= 11 is 0. The molecule has 2 heterocycles. The third-order valence-corrected chi connectivity index (χ3v) is 4.94. The predicted molar refractivity (Wildman–Crippen MR) is 108 cm³/mol. The van der Waals surface area contributed by atoms with Crippen molar-refractivity contribution in [3.8, 4) is 0 Å². The molecule has 0 aliphatic carbocycles. The molecule has 0 spiro atoms. The van der Waals surface area contributed by atoms with E-state index in [1.54, 1.807) is 23.2 Å². The molecule has 2 amide bonds. The van der Waals surface area contributed by atoms with Crippen LogP contribution in [0.3, 0.4) is 0 Å². The Bertz CT molecular complexity index is 1000. The number of carbonyl (C=O) groups is 2. The molecule has 2 aromatic carbocycles. The van der Waals surface area contributed by atoms with Crippen LogP contribution in [-0.2, 0) is 11.3 Å². The molecule has 1 atom stereocenters. The standard InChI is InChI=1S/C23H21N3O2/c1-16-9-11-17(12-10-16)15-25-21(27)14-20-22-19(8-5-13-24-22)23(28)26(20)18-6-3-2-4-7-18/h2-13,20H,14-15H2,1H3,(H,25,27). The van der Waals surface area contributed by atoms with Crippen LogP contribution in [0.4, 0.5) is 5.69 Å². The van der Waals surface area contributed by atoms with Crippen LogP contribution in [0.5, 0.6) is 0 Å². The maximum absolute atomic E-state index is 13.0. The lowest BCUT2D eigenvalue weighted by molar-refractivity contribution is -0.121. The summed E-state index contributed by atoms with van der Waals surface area (Å²) in [5, 5.41) is 2.96. The number of rotatable bonds is 5. The zero-order valence-electron chi connectivity index (χ0n) is 15.6. The number of hydrogen-bond acceptors (Lipinski definition) is 3. The van der Waals surface area contributed by atoms with E-state index in [2.05, 4.69) is 10.3 Å². The SMILES string of the molecule is Cc1ccc(CNC(=O)CC2c3ncccc3C(=O)N2c2ccccc2)cc1. The second-order valence-corrected chi connectivity index (χ2v) is 6.93. The number of fused-ring (bicyclic) bond motifs is 1. The van der Waals surface area contributed by atoms with Crippen molar-refractivity contribution in [1.29, 1.82) is 0 Å². The fourth-order valence-electron chi connectivity index (χ4n) is 3.49. The largest absolute Gasteiger partial charge is 0.352 e. The van der Waals surface area contributed by atoms with Crippen molar-refractivity contribution in [2.75, 3.05) is 4.90 Å². The minimum Gasteiger partial charge on any atom is -0.352 e. The molecule has 0 saturated heterocycles. The second-order valence-electron chi connectivity index (χ2n) is 6.93. The van der Waals surface area contributed by atoms with E-state index in [4.69, 9.17) is 0 Å². The van der Waals surface area contributed by atoms with Gasteiger partial charge in [0.2, 0.25) is 5.91 Å². The van der Waals surface area contributed by atoms with Gasteiger partial charge in [0.15, 0.2) is 0 Å². The molecule has 1 aliphatic rings. The molecule has 0 fully saturated rings. The molecule has 1 aliphatic heterocycles. The van der Waals surface area contributed by atoms with Crippen LogP contribution in [0, 0.1) is 6.92 Å². The average molecular weight is 371 g/mol. The molecule has 28 heavy (non-hydrogen) atoms. The van der Waals surface area contributed by atoms with Gasteiger partial charge in [-0.15, -0.1) is 0 Å². The monoisotopic (exact) mass is 371 g/mol. The molecule has 4 rings (SSSR count). The Kier molecular flexibility index (Phi) is 4.89. The Labute approximate surface area is 164 Å². The number of benzene rings is 2. The van der Waals surface area contributed by atoms with Crippen molar-refractivity contribution in [2.24, 2.45) is 0 Å². The van der Waals surface area contributed by atoms with Crippen LogP contribution < -0.4 is 10.2 Å². The van der Waals surface area contributed by atoms with Crippen LogP contribution in [0.1, 0.15) is 39.6 Å². The maximum atomic E-state index is 13.0. The zero-order valence-corrected chi connectivity index (χ0v) is 15.6. The smallest absolute Gasteiger partial charge is 0.260 e. The number of carbonyl (C=O) groups excluding carboxylic acids is 2. The summed E-state index contributed by atoms with van der Waals surface area (Å²) in [6.07, 6.45) is 1.83. The number of aromatic nitrogens is 1. The van der Waals surface area contributed by atoms with Crippen molar-refractivity contribution in [1.82, 2.24) is 10.3 Å². The van der Waals surface area contributed by atoms with Crippen molar-refractivity contribution < 1.29 is 9.59 Å². The van der Waals surface area contributed by atoms with Gasteiger partial charge in [0, 0.05) is 18.4 Å². The number of nitrogens with zero attached hydrogens (tertiary/aromatic N) is 2. The minimum absolute atomic E-state index is 0.113. The second kappa shape index (κ2) is 7.64. The van der Waals surface area contributed by atoms with Gasteiger partial charge in [0.1, 0.15) is 0 Å². The van der Waals surface area contributed by atoms with Crippen LogP contribution in [-0.4, -0.2) is 16.8 Å². The first-order valence-electron chi connectivity index (χ1n) is 9.29. The third kappa shape index (κ3) is 3.51. The molecule has 5 nitrogen and oxygen atoms in total. The highest BCUT2D eigenvalue weighted by Crippen LogP contribution is 2.38. The Morgan fingerprint density at radius 3 is 2.54 bits per heavy atom. The van der Waals surface area contributed by atoms with E-state index in [1.165, 1.54) is 5.56 Å². The first-order chi connectivity index (χ1) is 13.6. The number of amides is 2. The van der Waals surface area contributed by atoms with Crippen molar-refractivity contribution in [2.45, 2.75) is 25.9 Å². The van der Waals surface area contributed by atoms with E-state index in [1.807, 2.05) is 61.5 Å². The lowest BCUT2D eigenvalue weighted by Gasteiger charge is -2.24. The topological polar surface area (TPSA) is 62.3 Å². The normalized spacial score (nSPS) is 15.4. The molecule has 5 heteroatoms. The minimum atomic E-state index is -0.413. The summed E-state index contributed by atoms with van der Waals surface area (Å²) in [6, 6.07) is 20.6. The van der Waals surface area contributed by atoms with Gasteiger partial charge in [-0.2, -0.15) is 0 Å². The molecule has 0 radical (unpaired) electrons. The molecule has 0 bridgehead atoms. The zero-order chi connectivity index (χ0) is 19.5. The molecule has 140 valence electrons. The summed E-state index contributed by atoms with van der Waals surface area (Å²) in [4.78, 5) is 31.7. The Balaban J connectivity index is 1.54. The van der Waals surface area contributed by atoms with E-state index in [-0.39, 0.29) is 18.2 Å². The molecule has 1 aromatic heterocycles. The van der Waals surface area contributed by atoms with E-state index in [0.717, 1.165) is 11.3 Å². The molecule has 0 saturated carbocycles. The lowest BCUT2D eigenvalue weighted by Crippen LogP contribution is -2.32. The lowest BCUT2D eigenvalue weighted by atomic mass is 10.1. The van der Waals surface area contributed by atoms with Gasteiger partial charge in [-0.1, -0.05) is 48.0 Å². The fourth-order valence-corrected chi connectivity index (χ4v) is 3.49. The van der Waals surface area contributed by atoms with Gasteiger partial charge in [-0.05, 0) is 36.8 Å². The summed E-state index contributed by atoms with van der Waals surface area (Å²) in [5.74, 6) is -0.233. The number of anilines is 1. The maximum Gasteiger partial charge on any atom is 0.260 e. The number of aryl methyl sites for hydroxylation is 1. The van der Waals surface area contributed by atoms with E-state index in [9.17, 15) is 9.59 Å². The highest BCUT2D eigenvalue weighted by atomic mass is 16.2. The van der Waals surface area contributed by atoms with E-state index < -0.39 is 6.04 Å². The van der Waals surface area contributed by atoms with Crippen molar-refractivity contribution in [3.05, 3.63) is 95.3 Å².